The Morgan fingerprint density at radius 1 is 1.19 bits per heavy atom. The molecule has 1 aliphatic rings. The molecule has 0 aliphatic carbocycles. The molecule has 1 unspecified atom stereocenters. The molecule has 0 aromatic heterocycles. The second-order valence-corrected chi connectivity index (χ2v) is 8.31. The summed E-state index contributed by atoms with van der Waals surface area (Å²) in [5.74, 6) is -0.781. The van der Waals surface area contributed by atoms with E-state index in [0.717, 1.165) is 10.9 Å². The van der Waals surface area contributed by atoms with Crippen LogP contribution in [-0.2, 0) is 20.7 Å². The zero-order valence-electron chi connectivity index (χ0n) is 18.0. The van der Waals surface area contributed by atoms with Gasteiger partial charge in [-0.3, -0.25) is 14.4 Å². The summed E-state index contributed by atoms with van der Waals surface area (Å²) in [4.78, 5) is 39.7. The number of nitrogens with one attached hydrogen (secondary N) is 1. The Morgan fingerprint density at radius 3 is 2.72 bits per heavy atom. The van der Waals surface area contributed by atoms with Crippen molar-refractivity contribution in [3.63, 3.8) is 0 Å². The maximum absolute atomic E-state index is 13.3. The SMILES string of the molecule is CCOc1ccc(Br)cc1C(=O)N1CCNC(=O)C1CC(=O)OCCCc1ccccc1. The Morgan fingerprint density at radius 2 is 1.97 bits per heavy atom. The van der Waals surface area contributed by atoms with Gasteiger partial charge < -0.3 is 19.7 Å². The molecule has 32 heavy (non-hydrogen) atoms. The minimum atomic E-state index is -0.925. The van der Waals surface area contributed by atoms with Gasteiger partial charge in [-0.25, -0.2) is 0 Å². The topological polar surface area (TPSA) is 84.9 Å². The van der Waals surface area contributed by atoms with Crippen molar-refractivity contribution in [1.82, 2.24) is 10.2 Å². The van der Waals surface area contributed by atoms with Gasteiger partial charge in [-0.05, 0) is 43.5 Å². The Bertz CT molecular complexity index is 951. The predicted octanol–water partition coefficient (Wildman–Crippen LogP) is 3.35. The number of amides is 2. The summed E-state index contributed by atoms with van der Waals surface area (Å²) >= 11 is 3.38. The smallest absolute Gasteiger partial charge is 0.308 e. The van der Waals surface area contributed by atoms with Crippen molar-refractivity contribution in [3.05, 3.63) is 64.1 Å². The number of nitrogens with zero attached hydrogens (tertiary/aromatic N) is 1. The highest BCUT2D eigenvalue weighted by atomic mass is 79.9. The van der Waals surface area contributed by atoms with E-state index in [9.17, 15) is 14.4 Å². The molecule has 1 aliphatic heterocycles. The van der Waals surface area contributed by atoms with Gasteiger partial charge in [0.15, 0.2) is 0 Å². The third-order valence-corrected chi connectivity index (χ3v) is 5.63. The van der Waals surface area contributed by atoms with Crippen molar-refractivity contribution in [3.8, 4) is 5.75 Å². The zero-order chi connectivity index (χ0) is 22.9. The monoisotopic (exact) mass is 502 g/mol. The normalized spacial score (nSPS) is 15.8. The van der Waals surface area contributed by atoms with E-state index in [1.54, 1.807) is 18.2 Å². The standard InChI is InChI=1S/C24H27BrN2O5/c1-2-31-21-11-10-18(25)15-19(21)24(30)27-13-12-26-23(29)20(27)16-22(28)32-14-6-9-17-7-4-3-5-8-17/h3-5,7-8,10-11,15,20H,2,6,9,12-14,16H2,1H3,(H,26,29). The molecule has 2 aromatic carbocycles. The molecular formula is C24H27BrN2O5. The van der Waals surface area contributed by atoms with Gasteiger partial charge in [0.05, 0.1) is 25.2 Å². The van der Waals surface area contributed by atoms with Crippen LogP contribution in [0.5, 0.6) is 5.75 Å². The fourth-order valence-corrected chi connectivity index (χ4v) is 3.95. The van der Waals surface area contributed by atoms with Gasteiger partial charge in [-0.1, -0.05) is 46.3 Å². The molecule has 0 spiro atoms. The third kappa shape index (κ3) is 6.32. The van der Waals surface area contributed by atoms with Crippen LogP contribution >= 0.6 is 15.9 Å². The average molecular weight is 503 g/mol. The second kappa shape index (κ2) is 11.7. The van der Waals surface area contributed by atoms with Crippen molar-refractivity contribution in [2.24, 2.45) is 0 Å². The number of halogens is 1. The van der Waals surface area contributed by atoms with Crippen LogP contribution in [-0.4, -0.2) is 55.0 Å². The van der Waals surface area contributed by atoms with Crippen LogP contribution in [0.2, 0.25) is 0 Å². The quantitative estimate of drug-likeness (QED) is 0.419. The zero-order valence-corrected chi connectivity index (χ0v) is 19.6. The fourth-order valence-electron chi connectivity index (χ4n) is 3.59. The molecule has 7 nitrogen and oxygen atoms in total. The number of aryl methyl sites for hydroxylation is 1. The molecule has 1 fully saturated rings. The van der Waals surface area contributed by atoms with Crippen molar-refractivity contribution in [2.75, 3.05) is 26.3 Å². The highest BCUT2D eigenvalue weighted by Gasteiger charge is 2.36. The first kappa shape index (κ1) is 23.8. The number of hydrogen-bond donors (Lipinski definition) is 1. The summed E-state index contributed by atoms with van der Waals surface area (Å²) in [6, 6.07) is 14.2. The second-order valence-electron chi connectivity index (χ2n) is 7.39. The van der Waals surface area contributed by atoms with Crippen molar-refractivity contribution in [1.29, 1.82) is 0 Å². The maximum atomic E-state index is 13.3. The maximum Gasteiger partial charge on any atom is 0.308 e. The summed E-state index contributed by atoms with van der Waals surface area (Å²) in [5, 5.41) is 2.73. The van der Waals surface area contributed by atoms with E-state index in [1.165, 1.54) is 10.5 Å². The average Bonchev–Trinajstić information content (AvgIpc) is 2.79. The van der Waals surface area contributed by atoms with E-state index in [1.807, 2.05) is 37.3 Å². The predicted molar refractivity (Wildman–Crippen MR) is 123 cm³/mol. The number of piperazine rings is 1. The molecule has 1 N–H and O–H groups in total. The molecule has 3 rings (SSSR count). The molecule has 1 atom stereocenters. The first-order valence-corrected chi connectivity index (χ1v) is 11.5. The number of hydrogen-bond acceptors (Lipinski definition) is 5. The number of ether oxygens (including phenoxy) is 2. The Labute approximate surface area is 196 Å². The first-order chi connectivity index (χ1) is 15.5. The van der Waals surface area contributed by atoms with Gasteiger partial charge >= 0.3 is 5.97 Å². The highest BCUT2D eigenvalue weighted by molar-refractivity contribution is 9.10. The highest BCUT2D eigenvalue weighted by Crippen LogP contribution is 2.26. The van der Waals surface area contributed by atoms with Gasteiger partial charge in [-0.2, -0.15) is 0 Å². The molecule has 1 saturated heterocycles. The lowest BCUT2D eigenvalue weighted by molar-refractivity contribution is -0.147. The van der Waals surface area contributed by atoms with E-state index in [0.29, 0.717) is 37.4 Å². The van der Waals surface area contributed by atoms with E-state index >= 15 is 0 Å². The van der Waals surface area contributed by atoms with E-state index in [4.69, 9.17) is 9.47 Å². The van der Waals surface area contributed by atoms with Gasteiger partial charge in [0.25, 0.3) is 5.91 Å². The molecular weight excluding hydrogens is 476 g/mol. The van der Waals surface area contributed by atoms with E-state index in [2.05, 4.69) is 21.2 Å². The molecule has 1 heterocycles. The minimum absolute atomic E-state index is 0.194. The Kier molecular flexibility index (Phi) is 8.67. The van der Waals surface area contributed by atoms with Crippen LogP contribution in [0.1, 0.15) is 35.7 Å². The van der Waals surface area contributed by atoms with Crippen LogP contribution in [0.4, 0.5) is 0 Å². The van der Waals surface area contributed by atoms with Crippen LogP contribution in [0.15, 0.2) is 53.0 Å². The summed E-state index contributed by atoms with van der Waals surface area (Å²) in [7, 11) is 0. The molecule has 0 saturated carbocycles. The lowest BCUT2D eigenvalue weighted by Crippen LogP contribution is -2.57. The number of carbonyl (C=O) groups excluding carboxylic acids is 3. The molecule has 170 valence electrons. The Balaban J connectivity index is 1.62. The van der Waals surface area contributed by atoms with Crippen LogP contribution in [0, 0.1) is 0 Å². The van der Waals surface area contributed by atoms with E-state index < -0.39 is 12.0 Å². The first-order valence-electron chi connectivity index (χ1n) is 10.7. The largest absolute Gasteiger partial charge is 0.493 e. The molecule has 2 aromatic rings. The molecule has 8 heteroatoms. The van der Waals surface area contributed by atoms with Crippen LogP contribution < -0.4 is 10.1 Å². The molecule has 0 radical (unpaired) electrons. The fraction of sp³-hybridized carbons (Fsp3) is 0.375. The summed E-state index contributed by atoms with van der Waals surface area (Å²) in [6.45, 7) is 3.12. The number of rotatable bonds is 9. The lowest BCUT2D eigenvalue weighted by Gasteiger charge is -2.35. The summed E-state index contributed by atoms with van der Waals surface area (Å²) in [5.41, 5.74) is 1.52. The van der Waals surface area contributed by atoms with E-state index in [-0.39, 0.29) is 24.8 Å². The number of carbonyl (C=O) groups is 3. The molecule has 0 bridgehead atoms. The van der Waals surface area contributed by atoms with Crippen molar-refractivity contribution < 1.29 is 23.9 Å². The van der Waals surface area contributed by atoms with Crippen molar-refractivity contribution in [2.45, 2.75) is 32.2 Å². The summed E-state index contributed by atoms with van der Waals surface area (Å²) in [6.07, 6.45) is 1.29. The number of esters is 1. The molecule has 2 amide bonds. The van der Waals surface area contributed by atoms with Gasteiger partial charge in [0.2, 0.25) is 5.91 Å². The van der Waals surface area contributed by atoms with Crippen molar-refractivity contribution >= 4 is 33.7 Å². The van der Waals surface area contributed by atoms with Gasteiger partial charge in [0.1, 0.15) is 11.8 Å². The lowest BCUT2D eigenvalue weighted by atomic mass is 10.1. The van der Waals surface area contributed by atoms with Gasteiger partial charge in [-0.15, -0.1) is 0 Å². The van der Waals surface area contributed by atoms with Crippen LogP contribution in [0.25, 0.3) is 0 Å². The summed E-state index contributed by atoms with van der Waals surface area (Å²) < 4.78 is 11.7. The van der Waals surface area contributed by atoms with Crippen LogP contribution in [0.3, 0.4) is 0 Å². The van der Waals surface area contributed by atoms with Gasteiger partial charge in [0, 0.05) is 17.6 Å². The third-order valence-electron chi connectivity index (χ3n) is 5.14. The minimum Gasteiger partial charge on any atom is -0.493 e. The number of benzene rings is 2. The Hall–Kier alpha value is -2.87.